The number of carbonyl (C=O) groups is 1. The van der Waals surface area contributed by atoms with E-state index in [2.05, 4.69) is 11.4 Å². The number of carbonyl (C=O) groups excluding carboxylic acids is 1. The number of rotatable bonds is 4. The van der Waals surface area contributed by atoms with E-state index in [1.54, 1.807) is 18.2 Å². The summed E-state index contributed by atoms with van der Waals surface area (Å²) in [6.07, 6.45) is 0.451. The number of nitrogens with one attached hydrogen (secondary N) is 1. The van der Waals surface area contributed by atoms with E-state index >= 15 is 0 Å². The number of hydrogen-bond donors (Lipinski definition) is 1. The molecule has 4 nitrogen and oxygen atoms in total. The van der Waals surface area contributed by atoms with Gasteiger partial charge in [0.05, 0.1) is 6.61 Å². The molecule has 0 saturated carbocycles. The van der Waals surface area contributed by atoms with Crippen LogP contribution in [-0.4, -0.2) is 18.3 Å². The molecule has 1 radical (unpaired) electrons. The summed E-state index contributed by atoms with van der Waals surface area (Å²) in [4.78, 5) is 11.6. The van der Waals surface area contributed by atoms with Crippen LogP contribution in [0.5, 0.6) is 5.75 Å². The van der Waals surface area contributed by atoms with Crippen molar-refractivity contribution in [2.75, 3.05) is 11.9 Å². The summed E-state index contributed by atoms with van der Waals surface area (Å²) in [6, 6.07) is 8.06. The minimum Gasteiger partial charge on any atom is -0.494 e. The molecule has 4 heteroatoms. The summed E-state index contributed by atoms with van der Waals surface area (Å²) in [5.41, 5.74) is 0.0993. The summed E-state index contributed by atoms with van der Waals surface area (Å²) < 4.78 is 10.6. The largest absolute Gasteiger partial charge is 0.494 e. The van der Waals surface area contributed by atoms with E-state index in [-0.39, 0.29) is 0 Å². The van der Waals surface area contributed by atoms with E-state index in [9.17, 15) is 4.79 Å². The molecule has 1 rings (SSSR count). The van der Waals surface area contributed by atoms with Crippen LogP contribution in [0.25, 0.3) is 0 Å². The molecule has 1 aromatic carbocycles. The van der Waals surface area contributed by atoms with Gasteiger partial charge in [0.2, 0.25) is 0 Å². The molecule has 0 saturated heterocycles. The highest BCUT2D eigenvalue weighted by molar-refractivity contribution is 5.85. The molecule has 0 aliphatic carbocycles. The van der Waals surface area contributed by atoms with Crippen molar-refractivity contribution in [3.05, 3.63) is 24.3 Å². The molecule has 0 aliphatic heterocycles. The highest BCUT2D eigenvalue weighted by Gasteiger charge is 2.16. The third-order valence-corrected chi connectivity index (χ3v) is 1.88. The van der Waals surface area contributed by atoms with Crippen LogP contribution in [0.4, 0.5) is 10.5 Å². The van der Waals surface area contributed by atoms with Gasteiger partial charge in [-0.1, -0.05) is 6.92 Å². The van der Waals surface area contributed by atoms with Crippen LogP contribution in [0.3, 0.4) is 0 Å². The van der Waals surface area contributed by atoms with Crippen LogP contribution < -0.4 is 10.1 Å². The van der Waals surface area contributed by atoms with Gasteiger partial charge in [0.25, 0.3) is 0 Å². The van der Waals surface area contributed by atoms with Crippen LogP contribution in [0.1, 0.15) is 34.1 Å². The predicted molar refractivity (Wildman–Crippen MR) is 70.9 cm³/mol. The van der Waals surface area contributed by atoms with Crippen molar-refractivity contribution in [2.24, 2.45) is 0 Å². The van der Waals surface area contributed by atoms with E-state index in [0.717, 1.165) is 6.42 Å². The summed E-state index contributed by atoms with van der Waals surface area (Å²) >= 11 is 0. The summed E-state index contributed by atoms with van der Waals surface area (Å²) in [6.45, 7) is 8.13. The Morgan fingerprint density at radius 1 is 1.39 bits per heavy atom. The normalized spacial score (nSPS) is 10.9. The molecule has 0 aliphatic rings. The van der Waals surface area contributed by atoms with Crippen molar-refractivity contribution in [3.8, 4) is 5.75 Å². The predicted octanol–water partition coefficient (Wildman–Crippen LogP) is 3.62. The topological polar surface area (TPSA) is 47.6 Å². The van der Waals surface area contributed by atoms with Crippen LogP contribution in [-0.2, 0) is 4.74 Å². The Kier molecular flexibility index (Phi) is 5.01. The zero-order valence-corrected chi connectivity index (χ0v) is 11.4. The molecule has 0 unspecified atom stereocenters. The van der Waals surface area contributed by atoms with Crippen LogP contribution >= 0.6 is 0 Å². The summed E-state index contributed by atoms with van der Waals surface area (Å²) in [5, 5.41) is 2.64. The van der Waals surface area contributed by atoms with Crippen molar-refractivity contribution in [3.63, 3.8) is 0 Å². The monoisotopic (exact) mass is 250 g/mol. The highest BCUT2D eigenvalue weighted by Crippen LogP contribution is 2.18. The van der Waals surface area contributed by atoms with Gasteiger partial charge in [-0.05, 0) is 45.4 Å². The molecule has 0 atom stereocenters. The van der Waals surface area contributed by atoms with Gasteiger partial charge >= 0.3 is 6.09 Å². The second-order valence-electron chi connectivity index (χ2n) is 4.93. The van der Waals surface area contributed by atoms with Gasteiger partial charge in [0, 0.05) is 11.8 Å². The first-order valence-electron chi connectivity index (χ1n) is 6.04. The Bertz CT molecular complexity index is 396. The lowest BCUT2D eigenvalue weighted by molar-refractivity contribution is 0.0636. The van der Waals surface area contributed by atoms with Gasteiger partial charge in [-0.15, -0.1) is 0 Å². The smallest absolute Gasteiger partial charge is 0.412 e. The fraction of sp³-hybridized carbons (Fsp3) is 0.500. The standard InChI is InChI=1S/C14H20NO3/c1-5-9-17-12-8-6-7-11(10-12)15-13(16)18-14(2,3)4/h7-8,10H,5,9H2,1-4H3,(H,15,16). The molecule has 0 fully saturated rings. The minimum absolute atomic E-state index is 0.483. The first kappa shape index (κ1) is 14.4. The number of benzene rings is 1. The lowest BCUT2D eigenvalue weighted by Gasteiger charge is -2.19. The second kappa shape index (κ2) is 6.28. The fourth-order valence-corrected chi connectivity index (χ4v) is 1.25. The molecule has 99 valence electrons. The third kappa shape index (κ3) is 5.57. The lowest BCUT2D eigenvalue weighted by Crippen LogP contribution is -2.27. The van der Waals surface area contributed by atoms with Crippen molar-refractivity contribution in [1.82, 2.24) is 0 Å². The van der Waals surface area contributed by atoms with Crippen LogP contribution in [0.2, 0.25) is 0 Å². The lowest BCUT2D eigenvalue weighted by atomic mass is 10.2. The molecule has 18 heavy (non-hydrogen) atoms. The molecule has 1 aromatic rings. The van der Waals surface area contributed by atoms with Gasteiger partial charge in [-0.25, -0.2) is 4.79 Å². The minimum atomic E-state index is -0.510. The number of amides is 1. The van der Waals surface area contributed by atoms with Crippen LogP contribution in [0, 0.1) is 6.07 Å². The number of ether oxygens (including phenoxy) is 2. The molecule has 1 N–H and O–H groups in total. The fourth-order valence-electron chi connectivity index (χ4n) is 1.25. The van der Waals surface area contributed by atoms with Crippen molar-refractivity contribution in [2.45, 2.75) is 39.7 Å². The maximum atomic E-state index is 11.6. The average molecular weight is 250 g/mol. The Balaban J connectivity index is 2.59. The molecule has 0 bridgehead atoms. The first-order valence-corrected chi connectivity index (χ1v) is 6.04. The summed E-state index contributed by atoms with van der Waals surface area (Å²) in [7, 11) is 0. The van der Waals surface area contributed by atoms with E-state index < -0.39 is 11.7 Å². The molecule has 0 heterocycles. The maximum Gasteiger partial charge on any atom is 0.412 e. The molecular formula is C14H20NO3. The Morgan fingerprint density at radius 2 is 2.11 bits per heavy atom. The van der Waals surface area contributed by atoms with E-state index in [4.69, 9.17) is 9.47 Å². The van der Waals surface area contributed by atoms with E-state index in [1.807, 2.05) is 27.7 Å². The number of anilines is 1. The summed E-state index contributed by atoms with van der Waals surface area (Å²) in [5.74, 6) is 0.686. The average Bonchev–Trinajstić information content (AvgIpc) is 2.24. The Hall–Kier alpha value is -1.71. The SMILES string of the molecule is CCCOc1c[c]cc(NC(=O)OC(C)(C)C)c1. The molecular weight excluding hydrogens is 230 g/mol. The zero-order chi connectivity index (χ0) is 13.6. The Morgan fingerprint density at radius 3 is 2.72 bits per heavy atom. The second-order valence-corrected chi connectivity index (χ2v) is 4.93. The molecule has 1 amide bonds. The maximum absolute atomic E-state index is 11.6. The Labute approximate surface area is 108 Å². The van der Waals surface area contributed by atoms with Crippen molar-refractivity contribution >= 4 is 11.8 Å². The highest BCUT2D eigenvalue weighted by atomic mass is 16.6. The molecule has 0 spiro atoms. The van der Waals surface area contributed by atoms with Gasteiger partial charge in [-0.3, -0.25) is 5.32 Å². The van der Waals surface area contributed by atoms with Gasteiger partial charge in [-0.2, -0.15) is 0 Å². The molecule has 0 aromatic heterocycles. The van der Waals surface area contributed by atoms with Crippen molar-refractivity contribution in [1.29, 1.82) is 0 Å². The van der Waals surface area contributed by atoms with Crippen LogP contribution in [0.15, 0.2) is 18.2 Å². The van der Waals surface area contributed by atoms with Gasteiger partial charge < -0.3 is 9.47 Å². The zero-order valence-electron chi connectivity index (χ0n) is 11.4. The van der Waals surface area contributed by atoms with Gasteiger partial charge in [0.15, 0.2) is 0 Å². The quantitative estimate of drug-likeness (QED) is 0.887. The third-order valence-electron chi connectivity index (χ3n) is 1.88. The van der Waals surface area contributed by atoms with Gasteiger partial charge in [0.1, 0.15) is 11.4 Å². The van der Waals surface area contributed by atoms with Crippen molar-refractivity contribution < 1.29 is 14.3 Å². The van der Waals surface area contributed by atoms with E-state index in [1.165, 1.54) is 0 Å². The van der Waals surface area contributed by atoms with E-state index in [0.29, 0.717) is 18.0 Å². The number of hydrogen-bond acceptors (Lipinski definition) is 3. The first-order chi connectivity index (χ1) is 8.40.